The Hall–Kier alpha value is -2.63. The van der Waals surface area contributed by atoms with E-state index in [1.807, 2.05) is 18.2 Å². The molecule has 0 saturated carbocycles. The van der Waals surface area contributed by atoms with Crippen LogP contribution in [0.4, 0.5) is 0 Å². The monoisotopic (exact) mass is 313 g/mol. The summed E-state index contributed by atoms with van der Waals surface area (Å²) in [5.41, 5.74) is 6.79. The number of hydrogen-bond acceptors (Lipinski definition) is 2. The van der Waals surface area contributed by atoms with Gasteiger partial charge in [-0.15, -0.1) is 0 Å². The lowest BCUT2D eigenvalue weighted by atomic mass is 9.76. The van der Waals surface area contributed by atoms with Gasteiger partial charge in [0.05, 0.1) is 19.3 Å². The van der Waals surface area contributed by atoms with Crippen molar-refractivity contribution in [1.82, 2.24) is 0 Å². The molecule has 0 spiro atoms. The van der Waals surface area contributed by atoms with E-state index in [9.17, 15) is 5.26 Å². The van der Waals surface area contributed by atoms with Crippen LogP contribution < -0.4 is 0 Å². The molecule has 2 aromatic rings. The van der Waals surface area contributed by atoms with Crippen molar-refractivity contribution in [2.24, 2.45) is 5.92 Å². The van der Waals surface area contributed by atoms with Gasteiger partial charge in [-0.25, -0.2) is 0 Å². The van der Waals surface area contributed by atoms with Crippen molar-refractivity contribution < 1.29 is 4.74 Å². The lowest BCUT2D eigenvalue weighted by Crippen LogP contribution is -2.18. The molecular formula is C22H19NO. The number of ether oxygens (including phenoxy) is 1. The molecule has 2 aromatic carbocycles. The Bertz CT molecular complexity index is 868. The van der Waals surface area contributed by atoms with E-state index in [1.54, 1.807) is 0 Å². The van der Waals surface area contributed by atoms with Gasteiger partial charge < -0.3 is 4.74 Å². The molecule has 1 aliphatic carbocycles. The summed E-state index contributed by atoms with van der Waals surface area (Å²) in [6.07, 6.45) is 4.30. The molecule has 4 rings (SSSR count). The Labute approximate surface area is 142 Å². The highest BCUT2D eigenvalue weighted by Crippen LogP contribution is 2.42. The van der Waals surface area contributed by atoms with Crippen LogP contribution in [0, 0.1) is 24.2 Å². The van der Waals surface area contributed by atoms with Crippen LogP contribution >= 0.6 is 0 Å². The topological polar surface area (TPSA) is 33.0 Å². The van der Waals surface area contributed by atoms with Crippen molar-refractivity contribution in [3.63, 3.8) is 0 Å². The van der Waals surface area contributed by atoms with Crippen LogP contribution in [0.25, 0.3) is 12.2 Å². The number of rotatable bonds is 1. The third-order valence-corrected chi connectivity index (χ3v) is 4.99. The Balaban J connectivity index is 1.92. The predicted molar refractivity (Wildman–Crippen MR) is 96.2 cm³/mol. The molecule has 0 unspecified atom stereocenters. The Kier molecular flexibility index (Phi) is 3.80. The van der Waals surface area contributed by atoms with E-state index in [1.165, 1.54) is 16.7 Å². The summed E-state index contributed by atoms with van der Waals surface area (Å²) in [6, 6.07) is 19.2. The second-order valence-corrected chi connectivity index (χ2v) is 6.57. The van der Waals surface area contributed by atoms with Crippen LogP contribution in [0.3, 0.4) is 0 Å². The maximum atomic E-state index is 9.86. The molecule has 2 nitrogen and oxygen atoms in total. The molecule has 0 amide bonds. The van der Waals surface area contributed by atoms with Crippen LogP contribution in [0.5, 0.6) is 0 Å². The van der Waals surface area contributed by atoms with Gasteiger partial charge in [-0.3, -0.25) is 0 Å². The first-order valence-corrected chi connectivity index (χ1v) is 8.32. The minimum Gasteiger partial charge on any atom is -0.376 e. The molecule has 0 bridgehead atoms. The second kappa shape index (κ2) is 6.11. The molecule has 2 heteroatoms. The van der Waals surface area contributed by atoms with E-state index >= 15 is 0 Å². The van der Waals surface area contributed by atoms with Crippen molar-refractivity contribution in [1.29, 1.82) is 5.26 Å². The van der Waals surface area contributed by atoms with Crippen LogP contribution in [0.1, 0.15) is 28.2 Å². The molecule has 2 aliphatic rings. The molecule has 0 N–H and O–H groups in total. The molecule has 1 aliphatic heterocycles. The fourth-order valence-corrected chi connectivity index (χ4v) is 3.71. The average Bonchev–Trinajstić information content (AvgIpc) is 3.03. The summed E-state index contributed by atoms with van der Waals surface area (Å²) in [5, 5.41) is 9.86. The fourth-order valence-electron chi connectivity index (χ4n) is 3.71. The van der Waals surface area contributed by atoms with Gasteiger partial charge in [0.25, 0.3) is 0 Å². The molecular weight excluding hydrogens is 294 g/mol. The maximum absolute atomic E-state index is 9.86. The van der Waals surface area contributed by atoms with E-state index < -0.39 is 0 Å². The molecule has 1 heterocycles. The zero-order valence-corrected chi connectivity index (χ0v) is 13.7. The number of nitrogens with zero attached hydrogens (tertiary/aromatic N) is 1. The van der Waals surface area contributed by atoms with Crippen molar-refractivity contribution in [3.8, 4) is 6.07 Å². The number of hydrogen-bond donors (Lipinski definition) is 0. The molecule has 118 valence electrons. The minimum atomic E-state index is 0.0534. The van der Waals surface area contributed by atoms with Gasteiger partial charge in [-0.05, 0) is 35.3 Å². The highest BCUT2D eigenvalue weighted by molar-refractivity contribution is 5.73. The van der Waals surface area contributed by atoms with E-state index in [2.05, 4.69) is 55.5 Å². The highest BCUT2D eigenvalue weighted by atomic mass is 16.5. The lowest BCUT2D eigenvalue weighted by Gasteiger charge is -2.26. The van der Waals surface area contributed by atoms with Crippen LogP contribution in [-0.4, -0.2) is 13.2 Å². The first-order valence-electron chi connectivity index (χ1n) is 8.32. The van der Waals surface area contributed by atoms with Gasteiger partial charge in [-0.1, -0.05) is 60.2 Å². The zero-order valence-electron chi connectivity index (χ0n) is 13.7. The van der Waals surface area contributed by atoms with Gasteiger partial charge in [-0.2, -0.15) is 5.26 Å². The number of fused-ring (bicyclic) bond motifs is 2. The van der Waals surface area contributed by atoms with Gasteiger partial charge in [0.2, 0.25) is 0 Å². The summed E-state index contributed by atoms with van der Waals surface area (Å²) < 4.78 is 5.78. The molecule has 1 saturated heterocycles. The maximum Gasteiger partial charge on any atom is 0.0954 e. The molecule has 0 radical (unpaired) electrons. The van der Waals surface area contributed by atoms with Gasteiger partial charge in [0.1, 0.15) is 0 Å². The van der Waals surface area contributed by atoms with E-state index in [0.717, 1.165) is 16.7 Å². The van der Waals surface area contributed by atoms with Crippen LogP contribution in [0.15, 0.2) is 59.7 Å². The van der Waals surface area contributed by atoms with Crippen molar-refractivity contribution in [2.45, 2.75) is 12.8 Å². The van der Waals surface area contributed by atoms with E-state index in [0.29, 0.717) is 13.2 Å². The molecule has 0 aromatic heterocycles. The first kappa shape index (κ1) is 14.9. The predicted octanol–water partition coefficient (Wildman–Crippen LogP) is 4.73. The first-order chi connectivity index (χ1) is 11.8. The summed E-state index contributed by atoms with van der Waals surface area (Å²) in [7, 11) is 0. The fraction of sp³-hybridized carbons (Fsp3) is 0.227. The SMILES string of the molecule is Cc1ccc([C@@H]2/C(C#N)=C\c3ccccc3/C=C3/COC[C@H]32)cc1. The van der Waals surface area contributed by atoms with Gasteiger partial charge in [0.15, 0.2) is 0 Å². The quantitative estimate of drug-likeness (QED) is 0.762. The zero-order chi connectivity index (χ0) is 16.5. The van der Waals surface area contributed by atoms with Crippen LogP contribution in [-0.2, 0) is 4.74 Å². The Morgan fingerprint density at radius 1 is 1.00 bits per heavy atom. The number of aryl methyl sites for hydroxylation is 1. The van der Waals surface area contributed by atoms with Gasteiger partial charge in [0, 0.05) is 17.4 Å². The summed E-state index contributed by atoms with van der Waals surface area (Å²) >= 11 is 0. The molecule has 2 atom stereocenters. The van der Waals surface area contributed by atoms with E-state index in [4.69, 9.17) is 4.74 Å². The number of benzene rings is 2. The standard InChI is InChI=1S/C22H19NO/c1-15-6-8-16(9-7-15)22-19(12-23)10-17-4-2-3-5-18(17)11-20-13-24-14-21(20)22/h2-11,21-22H,13-14H2,1H3/b19-10-,20-11-/t21-,22-/m1/s1. The smallest absolute Gasteiger partial charge is 0.0954 e. The number of nitriles is 1. The normalized spacial score (nSPS) is 26.7. The minimum absolute atomic E-state index is 0.0534. The average molecular weight is 313 g/mol. The highest BCUT2D eigenvalue weighted by Gasteiger charge is 2.34. The largest absolute Gasteiger partial charge is 0.376 e. The Morgan fingerprint density at radius 3 is 2.42 bits per heavy atom. The van der Waals surface area contributed by atoms with Crippen LogP contribution in [0.2, 0.25) is 0 Å². The third-order valence-electron chi connectivity index (χ3n) is 4.99. The molecule has 24 heavy (non-hydrogen) atoms. The van der Waals surface area contributed by atoms with Gasteiger partial charge >= 0.3 is 0 Å². The van der Waals surface area contributed by atoms with E-state index in [-0.39, 0.29) is 11.8 Å². The van der Waals surface area contributed by atoms with Crippen molar-refractivity contribution in [2.75, 3.05) is 13.2 Å². The number of allylic oxidation sites excluding steroid dienone is 1. The third kappa shape index (κ3) is 2.58. The Morgan fingerprint density at radius 2 is 1.71 bits per heavy atom. The molecule has 1 fully saturated rings. The summed E-state index contributed by atoms with van der Waals surface area (Å²) in [5.74, 6) is 0.282. The second-order valence-electron chi connectivity index (χ2n) is 6.57. The summed E-state index contributed by atoms with van der Waals surface area (Å²) in [4.78, 5) is 0. The van der Waals surface area contributed by atoms with Crippen molar-refractivity contribution in [3.05, 3.63) is 81.9 Å². The van der Waals surface area contributed by atoms with Crippen molar-refractivity contribution >= 4 is 12.2 Å². The lowest BCUT2D eigenvalue weighted by molar-refractivity contribution is 0.185. The summed E-state index contributed by atoms with van der Waals surface area (Å²) in [6.45, 7) is 3.41.